The lowest BCUT2D eigenvalue weighted by Gasteiger charge is -2.09. The molecule has 0 saturated heterocycles. The standard InChI is InChI=1S/C28H24Br2Cl2I2S4/c29-23-11-15-25(21-13-17(31)19(35-21)7-3-1-5-9-33)27-16(12-24(30)37-27)26(28(15)38-23)22-14-18(32)20(36-22)8-4-2-6-10-34/h11-14H,1-10H2. The molecule has 4 heterocycles. The first-order chi connectivity index (χ1) is 18.4. The van der Waals surface area contributed by atoms with Crippen LogP contribution in [0.2, 0.25) is 10.0 Å². The second-order valence-electron chi connectivity index (χ2n) is 9.10. The predicted octanol–water partition coefficient (Wildman–Crippen LogP) is 14.7. The van der Waals surface area contributed by atoms with Gasteiger partial charge in [-0.1, -0.05) is 81.2 Å². The summed E-state index contributed by atoms with van der Waals surface area (Å²) in [7, 11) is 0. The van der Waals surface area contributed by atoms with Gasteiger partial charge >= 0.3 is 0 Å². The Bertz CT molecular complexity index is 1400. The van der Waals surface area contributed by atoms with Crippen molar-refractivity contribution >= 4 is 166 Å². The predicted molar refractivity (Wildman–Crippen MR) is 202 cm³/mol. The van der Waals surface area contributed by atoms with Gasteiger partial charge in [0.05, 0.1) is 17.6 Å². The summed E-state index contributed by atoms with van der Waals surface area (Å²) in [5, 5.41) is 4.40. The van der Waals surface area contributed by atoms with Crippen molar-refractivity contribution < 1.29 is 0 Å². The van der Waals surface area contributed by atoms with Crippen molar-refractivity contribution in [1.82, 2.24) is 0 Å². The number of unbranched alkanes of at least 4 members (excludes halogenated alkanes) is 4. The smallest absolute Gasteiger partial charge is 0.0711 e. The number of hydrogen-bond acceptors (Lipinski definition) is 4. The molecule has 0 spiro atoms. The van der Waals surface area contributed by atoms with Crippen LogP contribution in [0.4, 0.5) is 0 Å². The first-order valence-corrected chi connectivity index (χ1v) is 21.1. The summed E-state index contributed by atoms with van der Waals surface area (Å²) < 4.78 is 7.36. The van der Waals surface area contributed by atoms with Gasteiger partial charge in [0.15, 0.2) is 0 Å². The van der Waals surface area contributed by atoms with Crippen molar-refractivity contribution in [1.29, 1.82) is 0 Å². The van der Waals surface area contributed by atoms with Gasteiger partial charge in [-0.2, -0.15) is 0 Å². The molecule has 0 fully saturated rings. The zero-order valence-corrected chi connectivity index (χ0v) is 32.5. The third kappa shape index (κ3) is 6.85. The first-order valence-electron chi connectivity index (χ1n) is 12.4. The summed E-state index contributed by atoms with van der Waals surface area (Å²) >= 11 is 33.6. The summed E-state index contributed by atoms with van der Waals surface area (Å²) in [5.41, 5.74) is 2.62. The minimum Gasteiger partial charge on any atom is -0.139 e. The molecule has 0 aliphatic heterocycles. The molecule has 202 valence electrons. The van der Waals surface area contributed by atoms with Crippen LogP contribution in [0, 0.1) is 0 Å². The number of hydrogen-bond donors (Lipinski definition) is 0. The van der Waals surface area contributed by atoms with Crippen molar-refractivity contribution in [3.05, 3.63) is 51.6 Å². The zero-order valence-electron chi connectivity index (χ0n) is 20.3. The second kappa shape index (κ2) is 14.3. The molecule has 0 aliphatic rings. The minimum atomic E-state index is 0.909. The van der Waals surface area contributed by atoms with Gasteiger partial charge in [-0.25, -0.2) is 0 Å². The van der Waals surface area contributed by atoms with E-state index in [4.69, 9.17) is 23.2 Å². The van der Waals surface area contributed by atoms with Gasteiger partial charge in [0.1, 0.15) is 0 Å². The molecule has 0 saturated carbocycles. The average Bonchev–Trinajstić information content (AvgIpc) is 3.63. The number of alkyl halides is 2. The van der Waals surface area contributed by atoms with Crippen LogP contribution < -0.4 is 0 Å². The minimum absolute atomic E-state index is 0.909. The molecular weight excluding hydrogens is 949 g/mol. The van der Waals surface area contributed by atoms with Gasteiger partial charge in [0, 0.05) is 50.8 Å². The number of rotatable bonds is 12. The lowest BCUT2D eigenvalue weighted by atomic mass is 10.0. The molecule has 0 nitrogen and oxygen atoms in total. The highest BCUT2D eigenvalue weighted by molar-refractivity contribution is 14.1. The highest BCUT2D eigenvalue weighted by Gasteiger charge is 2.24. The van der Waals surface area contributed by atoms with E-state index in [2.05, 4.69) is 101 Å². The van der Waals surface area contributed by atoms with Crippen LogP contribution >= 0.6 is 146 Å². The van der Waals surface area contributed by atoms with Gasteiger partial charge in [-0.15, -0.1) is 45.3 Å². The van der Waals surface area contributed by atoms with Crippen LogP contribution in [-0.4, -0.2) is 8.86 Å². The largest absolute Gasteiger partial charge is 0.139 e. The average molecular weight is 973 g/mol. The van der Waals surface area contributed by atoms with E-state index < -0.39 is 0 Å². The Kier molecular flexibility index (Phi) is 11.7. The zero-order chi connectivity index (χ0) is 26.8. The lowest BCUT2D eigenvalue weighted by Crippen LogP contribution is -1.83. The molecule has 10 heteroatoms. The van der Waals surface area contributed by atoms with Crippen molar-refractivity contribution in [2.75, 3.05) is 8.86 Å². The lowest BCUT2D eigenvalue weighted by molar-refractivity contribution is 0.732. The molecule has 5 aromatic rings. The molecule has 1 aromatic carbocycles. The summed E-state index contributed by atoms with van der Waals surface area (Å²) in [6.45, 7) is 0. The molecule has 0 atom stereocenters. The van der Waals surface area contributed by atoms with Crippen LogP contribution in [0.1, 0.15) is 48.3 Å². The van der Waals surface area contributed by atoms with E-state index in [-0.39, 0.29) is 0 Å². The fourth-order valence-electron chi connectivity index (χ4n) is 4.71. The quantitative estimate of drug-likeness (QED) is 0.0664. The van der Waals surface area contributed by atoms with Gasteiger partial charge in [-0.3, -0.25) is 0 Å². The Balaban J connectivity index is 1.62. The molecule has 0 radical (unpaired) electrons. The normalized spacial score (nSPS) is 11.9. The van der Waals surface area contributed by atoms with E-state index >= 15 is 0 Å². The van der Waals surface area contributed by atoms with Crippen molar-refractivity contribution in [3.8, 4) is 20.9 Å². The fraction of sp³-hybridized carbons (Fsp3) is 0.357. The van der Waals surface area contributed by atoms with Gasteiger partial charge in [-0.05, 0) is 104 Å². The van der Waals surface area contributed by atoms with Crippen LogP contribution in [0.3, 0.4) is 0 Å². The number of fused-ring (bicyclic) bond motifs is 2. The Morgan fingerprint density at radius 1 is 0.579 bits per heavy atom. The maximum Gasteiger partial charge on any atom is 0.0711 e. The second-order valence-corrected chi connectivity index (χ2v) is 19.2. The summed E-state index contributed by atoms with van der Waals surface area (Å²) in [5.74, 6) is 0. The first kappa shape index (κ1) is 31.0. The number of benzene rings is 1. The van der Waals surface area contributed by atoms with E-state index in [1.54, 1.807) is 0 Å². The van der Waals surface area contributed by atoms with Gasteiger partial charge in [0.2, 0.25) is 0 Å². The summed E-state index contributed by atoms with van der Waals surface area (Å²) in [6, 6.07) is 8.98. The molecule has 0 aliphatic carbocycles. The van der Waals surface area contributed by atoms with Crippen LogP contribution in [0.25, 0.3) is 41.1 Å². The number of thiophene rings is 4. The Morgan fingerprint density at radius 3 is 1.39 bits per heavy atom. The maximum atomic E-state index is 6.81. The molecular formula is C28H24Br2Cl2I2S4. The Hall–Kier alpha value is 1.54. The highest BCUT2D eigenvalue weighted by Crippen LogP contribution is 2.54. The molecule has 0 N–H and O–H groups in total. The molecule has 0 bridgehead atoms. The topological polar surface area (TPSA) is 0 Å². The SMILES string of the molecule is Clc1cc(-c2c3cc(Br)sc3c(-c3cc(Cl)c(CCCCCI)s3)c3cc(Br)sc23)sc1CCCCCI. The monoisotopic (exact) mass is 970 g/mol. The molecule has 0 unspecified atom stereocenters. The summed E-state index contributed by atoms with van der Waals surface area (Å²) in [6.07, 6.45) is 9.57. The van der Waals surface area contributed by atoms with E-state index in [0.29, 0.717) is 0 Å². The molecule has 4 aromatic heterocycles. The molecule has 38 heavy (non-hydrogen) atoms. The third-order valence-corrected chi connectivity index (χ3v) is 14.6. The van der Waals surface area contributed by atoms with Crippen LogP contribution in [-0.2, 0) is 12.8 Å². The van der Waals surface area contributed by atoms with Crippen LogP contribution in [0.15, 0.2) is 31.8 Å². The van der Waals surface area contributed by atoms with E-state index in [9.17, 15) is 0 Å². The third-order valence-electron chi connectivity index (χ3n) is 6.48. The fourth-order valence-corrected chi connectivity index (χ4v) is 12.4. The van der Waals surface area contributed by atoms with E-state index in [1.165, 1.54) is 98.2 Å². The summed E-state index contributed by atoms with van der Waals surface area (Å²) in [4.78, 5) is 5.14. The van der Waals surface area contributed by atoms with Crippen molar-refractivity contribution in [3.63, 3.8) is 0 Å². The van der Waals surface area contributed by atoms with Gasteiger partial charge in [0.25, 0.3) is 0 Å². The number of aryl methyl sites for hydroxylation is 2. The maximum absolute atomic E-state index is 6.81. The Morgan fingerprint density at radius 2 is 1.00 bits per heavy atom. The van der Waals surface area contributed by atoms with Gasteiger partial charge < -0.3 is 0 Å². The highest BCUT2D eigenvalue weighted by atomic mass is 127. The molecule has 0 amide bonds. The number of halogens is 6. The molecule has 5 rings (SSSR count). The van der Waals surface area contributed by atoms with E-state index in [1.807, 2.05) is 45.3 Å². The van der Waals surface area contributed by atoms with E-state index in [0.717, 1.165) is 30.5 Å². The van der Waals surface area contributed by atoms with Crippen LogP contribution in [0.5, 0.6) is 0 Å². The van der Waals surface area contributed by atoms with Crippen molar-refractivity contribution in [2.45, 2.75) is 51.4 Å². The Labute approximate surface area is 294 Å². The van der Waals surface area contributed by atoms with Crippen molar-refractivity contribution in [2.24, 2.45) is 0 Å².